The summed E-state index contributed by atoms with van der Waals surface area (Å²) in [5.41, 5.74) is 3.37. The zero-order chi connectivity index (χ0) is 27.2. The number of hydrogen-bond acceptors (Lipinski definition) is 5. The quantitative estimate of drug-likeness (QED) is 0.166. The van der Waals surface area contributed by atoms with Gasteiger partial charge in [-0.05, 0) is 71.8 Å². The van der Waals surface area contributed by atoms with Crippen LogP contribution < -0.4 is 9.64 Å². The Morgan fingerprint density at radius 1 is 0.846 bits per heavy atom. The van der Waals surface area contributed by atoms with Gasteiger partial charge in [0.05, 0.1) is 34.8 Å². The minimum absolute atomic E-state index is 0.398. The average Bonchev–Trinajstić information content (AvgIpc) is 3.38. The Morgan fingerprint density at radius 3 is 2.28 bits per heavy atom. The highest BCUT2D eigenvalue weighted by Gasteiger charge is 2.17. The van der Waals surface area contributed by atoms with E-state index in [-0.39, 0.29) is 0 Å². The fourth-order valence-corrected chi connectivity index (χ4v) is 4.81. The van der Waals surface area contributed by atoms with Crippen LogP contribution in [0.2, 0.25) is 15.1 Å². The van der Waals surface area contributed by atoms with Gasteiger partial charge in [-0.3, -0.25) is 0 Å². The molecule has 0 aliphatic heterocycles. The molecule has 1 heterocycles. The van der Waals surface area contributed by atoms with Crippen LogP contribution in [0.4, 0.5) is 5.69 Å². The maximum atomic E-state index is 9.09. The van der Waals surface area contributed by atoms with E-state index in [9.17, 15) is 0 Å². The number of anilines is 1. The minimum Gasteiger partial charge on any atom is -0.457 e. The van der Waals surface area contributed by atoms with Gasteiger partial charge in [-0.1, -0.05) is 65.1 Å². The van der Waals surface area contributed by atoms with Crippen molar-refractivity contribution in [2.45, 2.75) is 19.6 Å². The second-order valence-electron chi connectivity index (χ2n) is 8.81. The number of para-hydroxylation sites is 1. The lowest BCUT2D eigenvalue weighted by Crippen LogP contribution is -2.24. The molecule has 0 saturated carbocycles. The maximum Gasteiger partial charge on any atom is 0.152 e. The summed E-state index contributed by atoms with van der Waals surface area (Å²) in [6.45, 7) is 1.44. The first-order chi connectivity index (χ1) is 19.0. The fraction of sp³-hybridized carbons (Fsp3) is 0.100. The summed E-state index contributed by atoms with van der Waals surface area (Å²) in [4.78, 5) is 2.12. The molecule has 0 amide bonds. The van der Waals surface area contributed by atoms with Crippen molar-refractivity contribution in [1.29, 1.82) is 5.26 Å². The zero-order valence-corrected chi connectivity index (χ0v) is 22.9. The average molecular weight is 575 g/mol. The highest BCUT2D eigenvalue weighted by Crippen LogP contribution is 2.33. The van der Waals surface area contributed by atoms with E-state index >= 15 is 0 Å². The number of benzene rings is 4. The Hall–Kier alpha value is -4.02. The SMILES string of the molecule is N#Cc1ccc(Cn2cnnc2CN(Cc2cc(Cl)cc(Cl)c2Cl)c2ccc(Oc3ccccc3)cc2)cc1. The van der Waals surface area contributed by atoms with E-state index in [2.05, 4.69) is 21.2 Å². The third kappa shape index (κ3) is 6.71. The molecule has 5 aromatic rings. The van der Waals surface area contributed by atoms with Crippen LogP contribution in [0.15, 0.2) is 97.3 Å². The molecule has 4 aromatic carbocycles. The summed E-state index contributed by atoms with van der Waals surface area (Å²) >= 11 is 19.2. The topological polar surface area (TPSA) is 67.0 Å². The molecule has 5 rings (SSSR count). The van der Waals surface area contributed by atoms with E-state index in [4.69, 9.17) is 44.8 Å². The van der Waals surface area contributed by atoms with Crippen molar-refractivity contribution in [3.8, 4) is 17.6 Å². The number of ether oxygens (including phenoxy) is 1. The van der Waals surface area contributed by atoms with Gasteiger partial charge in [0.2, 0.25) is 0 Å². The normalized spacial score (nSPS) is 10.7. The highest BCUT2D eigenvalue weighted by molar-refractivity contribution is 6.43. The monoisotopic (exact) mass is 573 g/mol. The molecule has 0 aliphatic carbocycles. The molecule has 0 aliphatic rings. The number of aromatic nitrogens is 3. The van der Waals surface area contributed by atoms with Crippen molar-refractivity contribution in [3.63, 3.8) is 0 Å². The summed E-state index contributed by atoms with van der Waals surface area (Å²) in [6.07, 6.45) is 1.70. The van der Waals surface area contributed by atoms with Crippen molar-refractivity contribution in [1.82, 2.24) is 14.8 Å². The smallest absolute Gasteiger partial charge is 0.152 e. The van der Waals surface area contributed by atoms with Crippen molar-refractivity contribution < 1.29 is 4.74 Å². The number of nitrogens with zero attached hydrogens (tertiary/aromatic N) is 5. The molecule has 6 nitrogen and oxygen atoms in total. The maximum absolute atomic E-state index is 9.09. The first-order valence-corrected chi connectivity index (χ1v) is 13.2. The largest absolute Gasteiger partial charge is 0.457 e. The predicted molar refractivity (Wildman–Crippen MR) is 155 cm³/mol. The van der Waals surface area contributed by atoms with Gasteiger partial charge in [0.15, 0.2) is 5.82 Å². The van der Waals surface area contributed by atoms with Crippen molar-refractivity contribution >= 4 is 40.5 Å². The van der Waals surface area contributed by atoms with Crippen LogP contribution in [0.25, 0.3) is 0 Å². The van der Waals surface area contributed by atoms with E-state index in [1.54, 1.807) is 24.5 Å². The van der Waals surface area contributed by atoms with Gasteiger partial charge in [-0.25, -0.2) is 0 Å². The fourth-order valence-electron chi connectivity index (χ4n) is 4.10. The summed E-state index contributed by atoms with van der Waals surface area (Å²) in [5, 5.41) is 19.0. The standard InChI is InChI=1S/C30H22Cl3N5O/c31-24-14-23(30(33)28(32)15-24)18-37(25-10-12-27(13-11-25)39-26-4-2-1-3-5-26)19-29-36-35-20-38(29)17-22-8-6-21(16-34)7-9-22/h1-15,20H,17-19H2. The van der Waals surface area contributed by atoms with Gasteiger partial charge in [-0.15, -0.1) is 10.2 Å². The van der Waals surface area contributed by atoms with Crippen LogP contribution >= 0.6 is 34.8 Å². The van der Waals surface area contributed by atoms with Crippen LogP contribution in [0.3, 0.4) is 0 Å². The molecule has 0 fully saturated rings. The summed E-state index contributed by atoms with van der Waals surface area (Å²) in [6, 6.07) is 30.5. The molecule has 0 radical (unpaired) electrons. The third-order valence-electron chi connectivity index (χ3n) is 6.07. The Morgan fingerprint density at radius 2 is 1.56 bits per heavy atom. The highest BCUT2D eigenvalue weighted by atomic mass is 35.5. The number of halogens is 3. The lowest BCUT2D eigenvalue weighted by Gasteiger charge is -2.26. The van der Waals surface area contributed by atoms with Gasteiger partial charge >= 0.3 is 0 Å². The molecular formula is C30H22Cl3N5O. The Balaban J connectivity index is 1.42. The van der Waals surface area contributed by atoms with Gasteiger partial charge in [0.1, 0.15) is 17.8 Å². The first-order valence-electron chi connectivity index (χ1n) is 12.1. The van der Waals surface area contributed by atoms with E-state index in [1.165, 1.54) is 0 Å². The predicted octanol–water partition coefficient (Wildman–Crippen LogP) is 8.16. The molecule has 9 heteroatoms. The van der Waals surface area contributed by atoms with E-state index in [0.29, 0.717) is 40.3 Å². The lowest BCUT2D eigenvalue weighted by atomic mass is 10.1. The van der Waals surface area contributed by atoms with Crippen LogP contribution in [0.5, 0.6) is 11.5 Å². The molecule has 1 aromatic heterocycles. The molecule has 0 bridgehead atoms. The number of nitriles is 1. The second-order valence-corrected chi connectivity index (χ2v) is 10.0. The molecule has 0 atom stereocenters. The van der Waals surface area contributed by atoms with Crippen molar-refractivity contribution in [2.75, 3.05) is 4.90 Å². The Kier molecular flexibility index (Phi) is 8.33. The molecule has 0 saturated heterocycles. The molecule has 0 unspecified atom stereocenters. The Labute approximate surface area is 241 Å². The molecule has 39 heavy (non-hydrogen) atoms. The van der Waals surface area contributed by atoms with Crippen LogP contribution in [-0.4, -0.2) is 14.8 Å². The van der Waals surface area contributed by atoms with Crippen LogP contribution in [0, 0.1) is 11.3 Å². The summed E-state index contributed by atoms with van der Waals surface area (Å²) < 4.78 is 7.95. The minimum atomic E-state index is 0.398. The zero-order valence-electron chi connectivity index (χ0n) is 20.6. The van der Waals surface area contributed by atoms with Crippen molar-refractivity contribution in [2.24, 2.45) is 0 Å². The van der Waals surface area contributed by atoms with E-state index in [1.807, 2.05) is 77.4 Å². The molecule has 0 N–H and O–H groups in total. The number of rotatable bonds is 9. The van der Waals surface area contributed by atoms with Gasteiger partial charge in [-0.2, -0.15) is 5.26 Å². The summed E-state index contributed by atoms with van der Waals surface area (Å²) in [5.74, 6) is 2.24. The lowest BCUT2D eigenvalue weighted by molar-refractivity contribution is 0.482. The first kappa shape index (κ1) is 26.6. The van der Waals surface area contributed by atoms with Gasteiger partial charge < -0.3 is 14.2 Å². The van der Waals surface area contributed by atoms with Gasteiger partial charge in [0.25, 0.3) is 0 Å². The van der Waals surface area contributed by atoms with Crippen molar-refractivity contribution in [3.05, 3.63) is 135 Å². The Bertz CT molecular complexity index is 1600. The van der Waals surface area contributed by atoms with Crippen LogP contribution in [-0.2, 0) is 19.6 Å². The van der Waals surface area contributed by atoms with Crippen LogP contribution in [0.1, 0.15) is 22.5 Å². The second kappa shape index (κ2) is 12.2. The van der Waals surface area contributed by atoms with E-state index < -0.39 is 0 Å². The third-order valence-corrected chi connectivity index (χ3v) is 7.13. The number of hydrogen-bond donors (Lipinski definition) is 0. The van der Waals surface area contributed by atoms with Gasteiger partial charge in [0, 0.05) is 17.3 Å². The van der Waals surface area contributed by atoms with E-state index in [0.717, 1.165) is 34.1 Å². The summed E-state index contributed by atoms with van der Waals surface area (Å²) in [7, 11) is 0. The molecular weight excluding hydrogens is 553 g/mol. The molecule has 194 valence electrons. The molecule has 0 spiro atoms.